The topological polar surface area (TPSA) is 84.5 Å². The normalized spacial score (nSPS) is 11.4. The maximum atomic E-state index is 13.5. The summed E-state index contributed by atoms with van der Waals surface area (Å²) < 4.78 is 18.4. The molecule has 0 aliphatic heterocycles. The molecule has 0 radical (unpaired) electrons. The van der Waals surface area contributed by atoms with E-state index in [0.717, 1.165) is 6.07 Å². The lowest BCUT2D eigenvalue weighted by molar-refractivity contribution is -0.152. The number of carbonyl (C=O) groups excluding carboxylic acids is 3. The number of halogens is 3. The van der Waals surface area contributed by atoms with E-state index in [1.165, 1.54) is 31.2 Å². The quantitative estimate of drug-likeness (QED) is 0.711. The van der Waals surface area contributed by atoms with Crippen LogP contribution in [0.1, 0.15) is 17.3 Å². The van der Waals surface area contributed by atoms with Crippen LogP contribution in [0, 0.1) is 5.82 Å². The number of amides is 2. The summed E-state index contributed by atoms with van der Waals surface area (Å²) >= 11 is 11.8. The van der Waals surface area contributed by atoms with E-state index in [-0.39, 0.29) is 21.3 Å². The van der Waals surface area contributed by atoms with Crippen molar-refractivity contribution in [2.75, 3.05) is 11.9 Å². The Morgan fingerprint density at radius 3 is 2.52 bits per heavy atom. The molecular weight excluding hydrogens is 398 g/mol. The van der Waals surface area contributed by atoms with Crippen LogP contribution in [-0.4, -0.2) is 30.4 Å². The zero-order valence-corrected chi connectivity index (χ0v) is 15.6. The summed E-state index contributed by atoms with van der Waals surface area (Å²) in [5, 5.41) is 5.13. The molecule has 0 fully saturated rings. The Bertz CT molecular complexity index is 876. The maximum absolute atomic E-state index is 13.5. The number of rotatable bonds is 6. The van der Waals surface area contributed by atoms with Crippen LogP contribution in [0.2, 0.25) is 10.0 Å². The van der Waals surface area contributed by atoms with Gasteiger partial charge in [-0.2, -0.15) is 0 Å². The minimum atomic E-state index is -1.15. The van der Waals surface area contributed by atoms with Gasteiger partial charge >= 0.3 is 5.97 Å². The van der Waals surface area contributed by atoms with Gasteiger partial charge in [-0.1, -0.05) is 41.4 Å². The number of esters is 1. The molecule has 2 amide bonds. The summed E-state index contributed by atoms with van der Waals surface area (Å²) in [5.41, 5.74) is 0.0663. The lowest BCUT2D eigenvalue weighted by Crippen LogP contribution is -2.36. The van der Waals surface area contributed by atoms with Crippen molar-refractivity contribution in [3.05, 3.63) is 63.9 Å². The summed E-state index contributed by atoms with van der Waals surface area (Å²) in [6.07, 6.45) is -1.15. The average molecular weight is 413 g/mol. The van der Waals surface area contributed by atoms with Crippen LogP contribution < -0.4 is 10.6 Å². The van der Waals surface area contributed by atoms with Gasteiger partial charge in [-0.25, -0.2) is 4.39 Å². The van der Waals surface area contributed by atoms with E-state index < -0.39 is 36.2 Å². The van der Waals surface area contributed by atoms with Gasteiger partial charge in [0.05, 0.1) is 21.3 Å². The summed E-state index contributed by atoms with van der Waals surface area (Å²) in [6.45, 7) is 0.826. The average Bonchev–Trinajstić information content (AvgIpc) is 2.63. The Labute approximate surface area is 164 Å². The maximum Gasteiger partial charge on any atom is 0.326 e. The Kier molecular flexibility index (Phi) is 7.15. The standard InChI is InChI=1S/C18H15Cl2FN2O4/c1-10(17(25)23-14-8-4-6-12(19)16(14)20)27-15(24)9-22-18(26)11-5-2-3-7-13(11)21/h2-8,10H,9H2,1H3,(H,22,26)(H,23,25). The van der Waals surface area contributed by atoms with Crippen molar-refractivity contribution >= 4 is 46.7 Å². The van der Waals surface area contributed by atoms with Gasteiger partial charge in [0.1, 0.15) is 12.4 Å². The molecule has 6 nitrogen and oxygen atoms in total. The molecule has 0 saturated carbocycles. The molecule has 0 aliphatic rings. The van der Waals surface area contributed by atoms with Gasteiger partial charge in [0, 0.05) is 0 Å². The molecule has 0 aromatic heterocycles. The first-order valence-corrected chi connectivity index (χ1v) is 8.52. The molecule has 0 heterocycles. The second kappa shape index (κ2) is 9.34. The molecule has 142 valence electrons. The summed E-state index contributed by atoms with van der Waals surface area (Å²) in [5.74, 6) is -2.98. The van der Waals surface area contributed by atoms with E-state index >= 15 is 0 Å². The molecule has 1 unspecified atom stereocenters. The Hall–Kier alpha value is -2.64. The minimum Gasteiger partial charge on any atom is -0.451 e. The number of benzene rings is 2. The van der Waals surface area contributed by atoms with E-state index in [1.807, 2.05) is 0 Å². The van der Waals surface area contributed by atoms with E-state index in [2.05, 4.69) is 10.6 Å². The highest BCUT2D eigenvalue weighted by Crippen LogP contribution is 2.29. The van der Waals surface area contributed by atoms with Crippen molar-refractivity contribution in [1.29, 1.82) is 0 Å². The predicted octanol–water partition coefficient (Wildman–Crippen LogP) is 3.43. The molecule has 2 rings (SSSR count). The smallest absolute Gasteiger partial charge is 0.326 e. The van der Waals surface area contributed by atoms with Crippen molar-refractivity contribution in [3.8, 4) is 0 Å². The summed E-state index contributed by atoms with van der Waals surface area (Å²) in [4.78, 5) is 35.7. The molecule has 0 saturated heterocycles. The van der Waals surface area contributed by atoms with Crippen LogP contribution in [0.4, 0.5) is 10.1 Å². The first kappa shape index (κ1) is 20.7. The zero-order chi connectivity index (χ0) is 20.0. The first-order valence-electron chi connectivity index (χ1n) is 7.76. The van der Waals surface area contributed by atoms with Crippen LogP contribution in [0.5, 0.6) is 0 Å². The SMILES string of the molecule is CC(OC(=O)CNC(=O)c1ccccc1F)C(=O)Nc1cccc(Cl)c1Cl. The van der Waals surface area contributed by atoms with Crippen LogP contribution >= 0.6 is 23.2 Å². The second-order valence-electron chi connectivity index (χ2n) is 5.39. The van der Waals surface area contributed by atoms with E-state index in [0.29, 0.717) is 0 Å². The van der Waals surface area contributed by atoms with Crippen LogP contribution in [-0.2, 0) is 14.3 Å². The number of hydrogen-bond acceptors (Lipinski definition) is 4. The molecule has 27 heavy (non-hydrogen) atoms. The van der Waals surface area contributed by atoms with Crippen LogP contribution in [0.3, 0.4) is 0 Å². The lowest BCUT2D eigenvalue weighted by Gasteiger charge is -2.15. The van der Waals surface area contributed by atoms with Crippen molar-refractivity contribution < 1.29 is 23.5 Å². The van der Waals surface area contributed by atoms with Gasteiger partial charge < -0.3 is 15.4 Å². The number of hydrogen-bond donors (Lipinski definition) is 2. The van der Waals surface area contributed by atoms with E-state index in [9.17, 15) is 18.8 Å². The Morgan fingerprint density at radius 1 is 1.11 bits per heavy atom. The third kappa shape index (κ3) is 5.67. The van der Waals surface area contributed by atoms with Crippen molar-refractivity contribution in [3.63, 3.8) is 0 Å². The molecule has 2 N–H and O–H groups in total. The molecular formula is C18H15Cl2FN2O4. The van der Waals surface area contributed by atoms with E-state index in [4.69, 9.17) is 27.9 Å². The number of ether oxygens (including phenoxy) is 1. The van der Waals surface area contributed by atoms with Gasteiger partial charge in [-0.15, -0.1) is 0 Å². The number of nitrogens with one attached hydrogen (secondary N) is 2. The second-order valence-corrected chi connectivity index (χ2v) is 6.17. The number of carbonyl (C=O) groups is 3. The third-order valence-corrected chi connectivity index (χ3v) is 4.22. The molecule has 2 aromatic carbocycles. The van der Waals surface area contributed by atoms with Crippen molar-refractivity contribution in [1.82, 2.24) is 5.32 Å². The van der Waals surface area contributed by atoms with Crippen LogP contribution in [0.25, 0.3) is 0 Å². The number of anilines is 1. The largest absolute Gasteiger partial charge is 0.451 e. The highest BCUT2D eigenvalue weighted by atomic mass is 35.5. The predicted molar refractivity (Wildman–Crippen MR) is 99.4 cm³/mol. The van der Waals surface area contributed by atoms with Crippen molar-refractivity contribution in [2.24, 2.45) is 0 Å². The fourth-order valence-corrected chi connectivity index (χ4v) is 2.37. The highest BCUT2D eigenvalue weighted by molar-refractivity contribution is 6.44. The lowest BCUT2D eigenvalue weighted by atomic mass is 10.2. The first-order chi connectivity index (χ1) is 12.8. The van der Waals surface area contributed by atoms with Gasteiger partial charge in [-0.3, -0.25) is 14.4 Å². The van der Waals surface area contributed by atoms with Gasteiger partial charge in [0.25, 0.3) is 11.8 Å². The molecule has 9 heteroatoms. The Balaban J connectivity index is 1.86. The fourth-order valence-electron chi connectivity index (χ4n) is 2.02. The fraction of sp³-hybridized carbons (Fsp3) is 0.167. The molecule has 0 spiro atoms. The van der Waals surface area contributed by atoms with Crippen molar-refractivity contribution in [2.45, 2.75) is 13.0 Å². The van der Waals surface area contributed by atoms with Gasteiger partial charge in [-0.05, 0) is 31.2 Å². The summed E-state index contributed by atoms with van der Waals surface area (Å²) in [7, 11) is 0. The zero-order valence-electron chi connectivity index (χ0n) is 14.1. The van der Waals surface area contributed by atoms with Gasteiger partial charge in [0.2, 0.25) is 0 Å². The minimum absolute atomic E-state index is 0.156. The Morgan fingerprint density at radius 2 is 1.81 bits per heavy atom. The van der Waals surface area contributed by atoms with Crippen LogP contribution in [0.15, 0.2) is 42.5 Å². The summed E-state index contributed by atoms with van der Waals surface area (Å²) in [6, 6.07) is 10.0. The molecule has 0 aliphatic carbocycles. The third-order valence-electron chi connectivity index (χ3n) is 3.40. The van der Waals surface area contributed by atoms with E-state index in [1.54, 1.807) is 12.1 Å². The molecule has 0 bridgehead atoms. The van der Waals surface area contributed by atoms with Gasteiger partial charge in [0.15, 0.2) is 6.10 Å². The monoisotopic (exact) mass is 412 g/mol. The highest BCUT2D eigenvalue weighted by Gasteiger charge is 2.20. The molecule has 1 atom stereocenters. The molecule has 2 aromatic rings.